The van der Waals surface area contributed by atoms with Crippen LogP contribution in [-0.4, -0.2) is 20.6 Å². The van der Waals surface area contributed by atoms with E-state index in [0.29, 0.717) is 6.54 Å². The Morgan fingerprint density at radius 2 is 2.09 bits per heavy atom. The third-order valence-corrected chi connectivity index (χ3v) is 3.67. The number of carbonyl (C=O) groups excluding carboxylic acids is 1. The van der Waals surface area contributed by atoms with Crippen molar-refractivity contribution in [3.05, 3.63) is 58.4 Å². The average Bonchev–Trinajstić information content (AvgIpc) is 3.02. The van der Waals surface area contributed by atoms with Gasteiger partial charge in [0.25, 0.3) is 0 Å². The molecule has 0 saturated heterocycles. The van der Waals surface area contributed by atoms with Gasteiger partial charge >= 0.3 is 5.69 Å². The van der Waals surface area contributed by atoms with Crippen molar-refractivity contribution in [1.82, 2.24) is 15.1 Å². The molecular weight excluding hydrogens is 296 g/mol. The summed E-state index contributed by atoms with van der Waals surface area (Å²) >= 11 is 0. The van der Waals surface area contributed by atoms with Gasteiger partial charge in [0, 0.05) is 0 Å². The van der Waals surface area contributed by atoms with Gasteiger partial charge in [-0.15, -0.1) is 0 Å². The molecule has 0 radical (unpaired) electrons. The molecule has 2 rings (SSSR count). The van der Waals surface area contributed by atoms with E-state index in [9.17, 15) is 14.9 Å². The van der Waals surface area contributed by atoms with E-state index in [4.69, 9.17) is 0 Å². The van der Waals surface area contributed by atoms with Crippen molar-refractivity contribution in [2.45, 2.75) is 32.9 Å². The van der Waals surface area contributed by atoms with Gasteiger partial charge in [-0.3, -0.25) is 19.6 Å². The second-order valence-corrected chi connectivity index (χ2v) is 5.46. The van der Waals surface area contributed by atoms with Crippen LogP contribution in [0.5, 0.6) is 0 Å². The third-order valence-electron chi connectivity index (χ3n) is 3.67. The number of rotatable bonds is 7. The number of hydrogen-bond donors (Lipinski definition) is 1. The maximum atomic E-state index is 12.3. The molecule has 1 aromatic carbocycles. The first kappa shape index (κ1) is 16.7. The Kier molecular flexibility index (Phi) is 5.46. The Morgan fingerprint density at radius 3 is 2.65 bits per heavy atom. The second-order valence-electron chi connectivity index (χ2n) is 5.46. The molecule has 7 nitrogen and oxygen atoms in total. The van der Waals surface area contributed by atoms with Crippen LogP contribution in [0.1, 0.15) is 31.9 Å². The van der Waals surface area contributed by atoms with E-state index in [1.807, 2.05) is 37.3 Å². The van der Waals surface area contributed by atoms with E-state index >= 15 is 0 Å². The molecule has 0 fully saturated rings. The van der Waals surface area contributed by atoms with Crippen LogP contribution >= 0.6 is 0 Å². The maximum absolute atomic E-state index is 12.3. The van der Waals surface area contributed by atoms with Crippen LogP contribution in [0.3, 0.4) is 0 Å². The highest BCUT2D eigenvalue weighted by atomic mass is 16.6. The highest BCUT2D eigenvalue weighted by Gasteiger charge is 2.19. The zero-order valence-corrected chi connectivity index (χ0v) is 13.2. The van der Waals surface area contributed by atoms with Crippen molar-refractivity contribution in [2.24, 2.45) is 5.92 Å². The lowest BCUT2D eigenvalue weighted by Crippen LogP contribution is -2.34. The number of hydrogen-bond acceptors (Lipinski definition) is 4. The van der Waals surface area contributed by atoms with Crippen molar-refractivity contribution < 1.29 is 9.72 Å². The van der Waals surface area contributed by atoms with Crippen LogP contribution in [-0.2, 0) is 11.3 Å². The minimum absolute atomic E-state index is 0.0434. The van der Waals surface area contributed by atoms with Crippen LogP contribution in [0.2, 0.25) is 0 Å². The van der Waals surface area contributed by atoms with Gasteiger partial charge in [-0.05, 0) is 12.0 Å². The van der Waals surface area contributed by atoms with Gasteiger partial charge < -0.3 is 5.32 Å². The number of nitrogens with zero attached hydrogens (tertiary/aromatic N) is 3. The topological polar surface area (TPSA) is 90.1 Å². The first-order valence-electron chi connectivity index (χ1n) is 7.53. The Bertz CT molecular complexity index is 669. The molecule has 1 aromatic heterocycles. The predicted octanol–water partition coefficient (Wildman–Crippen LogP) is 2.69. The SMILES string of the molecule is CCC(NC(=O)C(C)Cn1cc([N+](=O)[O-])cn1)c1ccccc1. The fraction of sp³-hybridized carbons (Fsp3) is 0.375. The predicted molar refractivity (Wildman–Crippen MR) is 85.7 cm³/mol. The lowest BCUT2D eigenvalue weighted by atomic mass is 10.0. The number of nitrogens with one attached hydrogen (secondary N) is 1. The summed E-state index contributed by atoms with van der Waals surface area (Å²) in [7, 11) is 0. The van der Waals surface area contributed by atoms with Crippen LogP contribution in [0.15, 0.2) is 42.7 Å². The fourth-order valence-corrected chi connectivity index (χ4v) is 2.33. The molecule has 2 atom stereocenters. The Labute approximate surface area is 134 Å². The normalized spacial score (nSPS) is 13.3. The van der Waals surface area contributed by atoms with Crippen molar-refractivity contribution >= 4 is 11.6 Å². The molecule has 0 saturated carbocycles. The molecule has 0 spiro atoms. The molecule has 0 aliphatic rings. The molecule has 7 heteroatoms. The summed E-state index contributed by atoms with van der Waals surface area (Å²) in [6.07, 6.45) is 3.30. The number of nitro groups is 1. The van der Waals surface area contributed by atoms with Gasteiger partial charge in [-0.25, -0.2) is 0 Å². The molecule has 1 heterocycles. The smallest absolute Gasteiger partial charge is 0.306 e. The van der Waals surface area contributed by atoms with Crippen molar-refractivity contribution in [1.29, 1.82) is 0 Å². The minimum Gasteiger partial charge on any atom is -0.349 e. The summed E-state index contributed by atoms with van der Waals surface area (Å²) in [6.45, 7) is 4.09. The quantitative estimate of drug-likeness (QED) is 0.628. The minimum atomic E-state index is -0.503. The molecule has 0 aliphatic carbocycles. The summed E-state index contributed by atoms with van der Waals surface area (Å²) in [4.78, 5) is 22.5. The Balaban J connectivity index is 1.97. The monoisotopic (exact) mass is 316 g/mol. The van der Waals surface area contributed by atoms with Gasteiger partial charge in [-0.2, -0.15) is 5.10 Å². The standard InChI is InChI=1S/C16H20N4O3/c1-3-15(13-7-5-4-6-8-13)18-16(21)12(2)10-19-11-14(9-17-19)20(22)23/h4-9,11-12,15H,3,10H2,1-2H3,(H,18,21). The maximum Gasteiger partial charge on any atom is 0.306 e. The van der Waals surface area contributed by atoms with E-state index in [2.05, 4.69) is 10.4 Å². The average molecular weight is 316 g/mol. The molecule has 0 aliphatic heterocycles. The second kappa shape index (κ2) is 7.53. The van der Waals surface area contributed by atoms with Crippen LogP contribution in [0.25, 0.3) is 0 Å². The van der Waals surface area contributed by atoms with Gasteiger partial charge in [0.05, 0.1) is 23.4 Å². The Morgan fingerprint density at radius 1 is 1.39 bits per heavy atom. The summed E-state index contributed by atoms with van der Waals surface area (Å²) in [6, 6.07) is 9.74. The van der Waals surface area contributed by atoms with E-state index in [-0.39, 0.29) is 23.6 Å². The molecule has 0 bridgehead atoms. The Hall–Kier alpha value is -2.70. The lowest BCUT2D eigenvalue weighted by Gasteiger charge is -2.20. The van der Waals surface area contributed by atoms with Crippen molar-refractivity contribution in [2.75, 3.05) is 0 Å². The van der Waals surface area contributed by atoms with Crippen molar-refractivity contribution in [3.63, 3.8) is 0 Å². The number of benzene rings is 1. The molecule has 2 unspecified atom stereocenters. The number of aromatic nitrogens is 2. The first-order chi connectivity index (χ1) is 11.0. The van der Waals surface area contributed by atoms with Crippen LogP contribution in [0, 0.1) is 16.0 Å². The van der Waals surface area contributed by atoms with Gasteiger partial charge in [0.1, 0.15) is 12.4 Å². The zero-order chi connectivity index (χ0) is 16.8. The zero-order valence-electron chi connectivity index (χ0n) is 13.2. The summed E-state index contributed by atoms with van der Waals surface area (Å²) in [5.74, 6) is -0.439. The molecular formula is C16H20N4O3. The molecule has 1 N–H and O–H groups in total. The molecule has 1 amide bonds. The largest absolute Gasteiger partial charge is 0.349 e. The molecule has 122 valence electrons. The van der Waals surface area contributed by atoms with Gasteiger partial charge in [0.2, 0.25) is 5.91 Å². The van der Waals surface area contributed by atoms with Crippen LogP contribution < -0.4 is 5.32 Å². The number of carbonyl (C=O) groups is 1. The van der Waals surface area contributed by atoms with Crippen LogP contribution in [0.4, 0.5) is 5.69 Å². The van der Waals surface area contributed by atoms with Crippen molar-refractivity contribution in [3.8, 4) is 0 Å². The summed E-state index contributed by atoms with van der Waals surface area (Å²) < 4.78 is 1.42. The fourth-order valence-electron chi connectivity index (χ4n) is 2.33. The molecule has 23 heavy (non-hydrogen) atoms. The highest BCUT2D eigenvalue weighted by Crippen LogP contribution is 2.17. The van der Waals surface area contributed by atoms with E-state index in [1.54, 1.807) is 6.92 Å². The third kappa shape index (κ3) is 4.38. The first-order valence-corrected chi connectivity index (χ1v) is 7.53. The van der Waals surface area contributed by atoms with Gasteiger partial charge in [0.15, 0.2) is 0 Å². The summed E-state index contributed by atoms with van der Waals surface area (Å²) in [5.41, 5.74) is 0.985. The highest BCUT2D eigenvalue weighted by molar-refractivity contribution is 5.78. The van der Waals surface area contributed by atoms with Gasteiger partial charge in [-0.1, -0.05) is 44.2 Å². The number of amides is 1. The van der Waals surface area contributed by atoms with E-state index in [1.165, 1.54) is 17.1 Å². The lowest BCUT2D eigenvalue weighted by molar-refractivity contribution is -0.385. The van der Waals surface area contributed by atoms with E-state index < -0.39 is 4.92 Å². The summed E-state index contributed by atoms with van der Waals surface area (Å²) in [5, 5.41) is 17.6. The molecule has 2 aromatic rings. The van der Waals surface area contributed by atoms with E-state index in [0.717, 1.165) is 12.0 Å².